The average molecular weight is 485 g/mol. The van der Waals surface area contributed by atoms with E-state index in [9.17, 15) is 9.59 Å². The van der Waals surface area contributed by atoms with E-state index in [4.69, 9.17) is 9.16 Å². The molecule has 162 valence electrons. The summed E-state index contributed by atoms with van der Waals surface area (Å²) in [5, 5.41) is 0.0261. The molecule has 0 radical (unpaired) electrons. The van der Waals surface area contributed by atoms with Crippen LogP contribution in [0.3, 0.4) is 0 Å². The molecule has 1 fully saturated rings. The van der Waals surface area contributed by atoms with Crippen LogP contribution in [0.4, 0.5) is 4.79 Å². The molecule has 29 heavy (non-hydrogen) atoms. The van der Waals surface area contributed by atoms with Gasteiger partial charge in [0.05, 0.1) is 12.1 Å². The number of amides is 2. The maximum Gasteiger partial charge on any atom is 0.417 e. The molecule has 1 aromatic carbocycles. The highest BCUT2D eigenvalue weighted by Crippen LogP contribution is 2.39. The normalized spacial score (nSPS) is 20.0. The third kappa shape index (κ3) is 5.70. The van der Waals surface area contributed by atoms with Gasteiger partial charge in [0.15, 0.2) is 8.32 Å². The molecule has 3 atom stereocenters. The van der Waals surface area contributed by atoms with Gasteiger partial charge in [-0.3, -0.25) is 4.79 Å². The van der Waals surface area contributed by atoms with Crippen molar-refractivity contribution in [3.8, 4) is 0 Å². The predicted octanol–water partition coefficient (Wildman–Crippen LogP) is 5.39. The zero-order chi connectivity index (χ0) is 22.0. The molecule has 2 amide bonds. The second-order valence-electron chi connectivity index (χ2n) is 9.62. The van der Waals surface area contributed by atoms with Gasteiger partial charge < -0.3 is 9.16 Å². The van der Waals surface area contributed by atoms with Crippen LogP contribution in [0.1, 0.15) is 40.2 Å². The number of benzene rings is 1. The molecule has 0 unspecified atom stereocenters. The largest absolute Gasteiger partial charge is 0.447 e. The maximum atomic E-state index is 13.4. The summed E-state index contributed by atoms with van der Waals surface area (Å²) >= 11 is 3.58. The maximum absolute atomic E-state index is 13.4. The Hall–Kier alpha value is -1.18. The Morgan fingerprint density at radius 2 is 1.86 bits per heavy atom. The van der Waals surface area contributed by atoms with E-state index in [0.29, 0.717) is 6.42 Å². The van der Waals surface area contributed by atoms with Crippen LogP contribution in [0.25, 0.3) is 0 Å². The number of imide groups is 1. The van der Waals surface area contributed by atoms with Crippen LogP contribution >= 0.6 is 15.9 Å². The van der Waals surface area contributed by atoms with E-state index < -0.39 is 19.2 Å². The number of nitrogens with zero attached hydrogens (tertiary/aromatic N) is 1. The summed E-state index contributed by atoms with van der Waals surface area (Å²) < 4.78 is 11.8. The van der Waals surface area contributed by atoms with Crippen LogP contribution in [0.15, 0.2) is 30.3 Å². The van der Waals surface area contributed by atoms with Crippen molar-refractivity contribution >= 4 is 36.2 Å². The minimum atomic E-state index is -2.09. The van der Waals surface area contributed by atoms with Gasteiger partial charge in [-0.05, 0) is 36.0 Å². The Bertz CT molecular complexity index is 717. The lowest BCUT2D eigenvalue weighted by Gasteiger charge is -2.42. The quantitative estimate of drug-likeness (QED) is 0.385. The molecule has 0 aromatic heterocycles. The Balaban J connectivity index is 2.20. The Morgan fingerprint density at radius 3 is 2.38 bits per heavy atom. The van der Waals surface area contributed by atoms with E-state index in [-0.39, 0.29) is 35.6 Å². The summed E-state index contributed by atoms with van der Waals surface area (Å²) in [7, 11) is -2.09. The van der Waals surface area contributed by atoms with Gasteiger partial charge in [-0.2, -0.15) is 0 Å². The molecule has 0 saturated carbocycles. The SMILES string of the molecule is CC(C)[C@H](O[Si](C)(C)C(C)(C)C)[C@@H](Br)C(=O)N1C(=O)OC[C@@H]1Cc1ccccc1. The Labute approximate surface area is 184 Å². The van der Waals surface area contributed by atoms with Crippen LogP contribution in [0.5, 0.6) is 0 Å². The number of halogens is 1. The van der Waals surface area contributed by atoms with Crippen molar-refractivity contribution in [3.63, 3.8) is 0 Å². The van der Waals surface area contributed by atoms with E-state index >= 15 is 0 Å². The average Bonchev–Trinajstić information content (AvgIpc) is 2.98. The lowest BCUT2D eigenvalue weighted by molar-refractivity contribution is -0.130. The molecule has 2 rings (SSSR count). The van der Waals surface area contributed by atoms with Crippen LogP contribution < -0.4 is 0 Å². The van der Waals surface area contributed by atoms with Crippen molar-refractivity contribution in [2.24, 2.45) is 5.92 Å². The van der Waals surface area contributed by atoms with Gasteiger partial charge in [-0.25, -0.2) is 9.69 Å². The van der Waals surface area contributed by atoms with Gasteiger partial charge in [-0.15, -0.1) is 0 Å². The molecule has 0 spiro atoms. The van der Waals surface area contributed by atoms with Crippen molar-refractivity contribution in [2.45, 2.75) is 76.1 Å². The molecule has 1 saturated heterocycles. The van der Waals surface area contributed by atoms with E-state index in [1.54, 1.807) is 0 Å². The molecule has 0 bridgehead atoms. The highest BCUT2D eigenvalue weighted by molar-refractivity contribution is 9.10. The van der Waals surface area contributed by atoms with Gasteiger partial charge in [-0.1, -0.05) is 80.9 Å². The highest BCUT2D eigenvalue weighted by atomic mass is 79.9. The minimum absolute atomic E-state index is 0.0261. The summed E-state index contributed by atoms with van der Waals surface area (Å²) in [6.07, 6.45) is -0.322. The van der Waals surface area contributed by atoms with E-state index in [2.05, 4.69) is 49.8 Å². The molecule has 1 aliphatic rings. The van der Waals surface area contributed by atoms with Crippen LogP contribution in [0.2, 0.25) is 18.1 Å². The van der Waals surface area contributed by atoms with Crippen molar-refractivity contribution in [2.75, 3.05) is 6.61 Å². The zero-order valence-electron chi connectivity index (χ0n) is 18.6. The number of carbonyl (C=O) groups excluding carboxylic acids is 2. The standard InChI is InChI=1S/C22H34BrNO4Si/c1-15(2)19(28-29(6,7)22(3,4)5)18(23)20(25)24-17(14-27-21(24)26)13-16-11-9-8-10-12-16/h8-12,15,17-19H,13-14H2,1-7H3/t17-,18+,19-/m0/s1. The van der Waals surface area contributed by atoms with Crippen molar-refractivity contribution in [3.05, 3.63) is 35.9 Å². The number of cyclic esters (lactones) is 1. The third-order valence-corrected chi connectivity index (χ3v) is 11.3. The number of rotatable bonds is 7. The van der Waals surface area contributed by atoms with Crippen LogP contribution in [0, 0.1) is 5.92 Å². The Kier molecular flexibility index (Phi) is 7.73. The van der Waals surface area contributed by atoms with Crippen molar-refractivity contribution < 1.29 is 18.8 Å². The van der Waals surface area contributed by atoms with Gasteiger partial charge in [0.1, 0.15) is 11.4 Å². The first-order valence-electron chi connectivity index (χ1n) is 10.2. The second-order valence-corrected chi connectivity index (χ2v) is 15.4. The van der Waals surface area contributed by atoms with Crippen LogP contribution in [-0.4, -0.2) is 48.8 Å². The van der Waals surface area contributed by atoms with E-state index in [0.717, 1.165) is 5.56 Å². The second kappa shape index (κ2) is 9.31. The van der Waals surface area contributed by atoms with Crippen molar-refractivity contribution in [1.82, 2.24) is 4.90 Å². The summed E-state index contributed by atoms with van der Waals surface area (Å²) in [6, 6.07) is 9.53. The number of alkyl halides is 1. The molecule has 1 heterocycles. The number of hydrogen-bond donors (Lipinski definition) is 0. The van der Waals surface area contributed by atoms with Gasteiger partial charge in [0, 0.05) is 0 Å². The smallest absolute Gasteiger partial charge is 0.417 e. The molecule has 1 aliphatic heterocycles. The predicted molar refractivity (Wildman–Crippen MR) is 122 cm³/mol. The van der Waals surface area contributed by atoms with Crippen molar-refractivity contribution in [1.29, 1.82) is 0 Å². The van der Waals surface area contributed by atoms with E-state index in [1.807, 2.05) is 44.2 Å². The third-order valence-electron chi connectivity index (χ3n) is 5.93. The summed E-state index contributed by atoms with van der Waals surface area (Å²) in [5.74, 6) is -0.172. The van der Waals surface area contributed by atoms with Gasteiger partial charge in [0.25, 0.3) is 0 Å². The zero-order valence-corrected chi connectivity index (χ0v) is 21.2. The van der Waals surface area contributed by atoms with E-state index in [1.165, 1.54) is 4.90 Å². The number of ether oxygens (including phenoxy) is 1. The monoisotopic (exact) mass is 483 g/mol. The first-order valence-corrected chi connectivity index (χ1v) is 14.0. The molecular formula is C22H34BrNO4Si. The van der Waals surface area contributed by atoms with Crippen LogP contribution in [-0.2, 0) is 20.4 Å². The molecule has 0 N–H and O–H groups in total. The fourth-order valence-corrected chi connectivity index (χ4v) is 5.67. The number of hydrogen-bond acceptors (Lipinski definition) is 4. The first-order chi connectivity index (χ1) is 13.3. The fourth-order valence-electron chi connectivity index (χ4n) is 3.09. The molecule has 0 aliphatic carbocycles. The summed E-state index contributed by atoms with van der Waals surface area (Å²) in [6.45, 7) is 15.2. The number of carbonyl (C=O) groups is 2. The minimum Gasteiger partial charge on any atom is -0.447 e. The Morgan fingerprint density at radius 1 is 1.28 bits per heavy atom. The summed E-state index contributed by atoms with van der Waals surface area (Å²) in [4.78, 5) is 26.4. The highest BCUT2D eigenvalue weighted by Gasteiger charge is 2.46. The lowest BCUT2D eigenvalue weighted by Crippen LogP contribution is -2.53. The lowest BCUT2D eigenvalue weighted by atomic mass is 10.0. The molecule has 1 aromatic rings. The van der Waals surface area contributed by atoms with Gasteiger partial charge >= 0.3 is 6.09 Å². The fraction of sp³-hybridized carbons (Fsp3) is 0.636. The first kappa shape index (κ1) is 24.1. The molecule has 5 nitrogen and oxygen atoms in total. The molecular weight excluding hydrogens is 450 g/mol. The molecule has 7 heteroatoms. The topological polar surface area (TPSA) is 55.8 Å². The van der Waals surface area contributed by atoms with Gasteiger partial charge in [0.2, 0.25) is 5.91 Å². The summed E-state index contributed by atoms with van der Waals surface area (Å²) in [5.41, 5.74) is 1.07.